The van der Waals surface area contributed by atoms with Crippen LogP contribution in [0.4, 0.5) is 4.39 Å². The fourth-order valence-corrected chi connectivity index (χ4v) is 4.55. The zero-order valence-electron chi connectivity index (χ0n) is 16.1. The minimum absolute atomic E-state index is 0.177. The number of aromatic nitrogens is 2. The van der Waals surface area contributed by atoms with Crippen molar-refractivity contribution in [2.24, 2.45) is 0 Å². The quantitative estimate of drug-likeness (QED) is 0.619. The van der Waals surface area contributed by atoms with Gasteiger partial charge in [-0.25, -0.2) is 14.2 Å². The third-order valence-electron chi connectivity index (χ3n) is 6.13. The molecule has 2 aliphatic rings. The maximum Gasteiger partial charge on any atom is 0.340 e. The van der Waals surface area contributed by atoms with E-state index in [0.29, 0.717) is 22.5 Å². The molecule has 0 bridgehead atoms. The monoisotopic (exact) mass is 394 g/mol. The van der Waals surface area contributed by atoms with E-state index >= 15 is 0 Å². The van der Waals surface area contributed by atoms with Crippen LogP contribution >= 0.6 is 0 Å². The minimum Gasteiger partial charge on any atom is -0.458 e. The lowest BCUT2D eigenvalue weighted by Gasteiger charge is -2.24. The van der Waals surface area contributed by atoms with Gasteiger partial charge in [-0.15, -0.1) is 0 Å². The molecular weight excluding hydrogens is 375 g/mol. The van der Waals surface area contributed by atoms with Gasteiger partial charge in [0, 0.05) is 17.0 Å². The molecule has 1 unspecified atom stereocenters. The first-order chi connectivity index (χ1) is 13.9. The van der Waals surface area contributed by atoms with Crippen molar-refractivity contribution in [3.63, 3.8) is 0 Å². The Morgan fingerprint density at radius 1 is 1.14 bits per heavy atom. The van der Waals surface area contributed by atoms with Crippen LogP contribution in [-0.2, 0) is 29.0 Å². The largest absolute Gasteiger partial charge is 0.458 e. The van der Waals surface area contributed by atoms with Crippen molar-refractivity contribution in [1.29, 1.82) is 0 Å². The summed E-state index contributed by atoms with van der Waals surface area (Å²) in [5.41, 5.74) is 5.17. The zero-order chi connectivity index (χ0) is 20.4. The van der Waals surface area contributed by atoms with Gasteiger partial charge in [0.05, 0.1) is 22.5 Å². The topological polar surface area (TPSA) is 92.3 Å². The summed E-state index contributed by atoms with van der Waals surface area (Å²) < 4.78 is 19.3. The number of benzene rings is 1. The van der Waals surface area contributed by atoms with Gasteiger partial charge >= 0.3 is 5.97 Å². The van der Waals surface area contributed by atoms with Crippen molar-refractivity contribution < 1.29 is 19.0 Å². The van der Waals surface area contributed by atoms with Crippen molar-refractivity contribution in [3.8, 4) is 11.4 Å². The highest BCUT2D eigenvalue weighted by Gasteiger charge is 2.31. The van der Waals surface area contributed by atoms with Gasteiger partial charge in [0.2, 0.25) is 0 Å². The number of pyridine rings is 2. The highest BCUT2D eigenvalue weighted by molar-refractivity contribution is 5.91. The Morgan fingerprint density at radius 3 is 2.62 bits per heavy atom. The van der Waals surface area contributed by atoms with Crippen LogP contribution in [0.15, 0.2) is 16.9 Å². The molecule has 1 aliphatic carbocycles. The third-order valence-corrected chi connectivity index (χ3v) is 6.13. The summed E-state index contributed by atoms with van der Waals surface area (Å²) >= 11 is 0. The van der Waals surface area contributed by atoms with Crippen molar-refractivity contribution in [2.75, 3.05) is 0 Å². The Balaban J connectivity index is 1.80. The first-order valence-corrected chi connectivity index (χ1v) is 9.59. The van der Waals surface area contributed by atoms with Gasteiger partial charge in [0.15, 0.2) is 6.10 Å². The van der Waals surface area contributed by atoms with Crippen molar-refractivity contribution in [1.82, 2.24) is 9.97 Å². The SMILES string of the molecule is Cc1c(F)cc2nc(-c3cc4c(c(=O)[nH]3)COC(=O)C4O)c(C)c3c2c1CCC3. The molecular formula is C22H19FN2O4. The first kappa shape index (κ1) is 18.0. The second-order valence-corrected chi connectivity index (χ2v) is 7.73. The zero-order valence-corrected chi connectivity index (χ0v) is 16.1. The molecule has 0 spiro atoms. The van der Waals surface area contributed by atoms with Gasteiger partial charge in [-0.05, 0) is 61.4 Å². The number of nitrogens with one attached hydrogen (secondary N) is 1. The number of aliphatic hydroxyl groups excluding tert-OH is 1. The molecule has 5 rings (SSSR count). The summed E-state index contributed by atoms with van der Waals surface area (Å²) in [7, 11) is 0. The lowest BCUT2D eigenvalue weighted by Crippen LogP contribution is -2.29. The molecule has 7 heteroatoms. The minimum atomic E-state index is -1.51. The van der Waals surface area contributed by atoms with Crippen LogP contribution in [0.2, 0.25) is 0 Å². The van der Waals surface area contributed by atoms with E-state index in [1.165, 1.54) is 6.07 Å². The van der Waals surface area contributed by atoms with Gasteiger partial charge < -0.3 is 14.8 Å². The number of hydrogen-bond donors (Lipinski definition) is 2. The van der Waals surface area contributed by atoms with Crippen LogP contribution in [0, 0.1) is 19.7 Å². The lowest BCUT2D eigenvalue weighted by molar-refractivity contribution is -0.157. The molecule has 2 aromatic heterocycles. The summed E-state index contributed by atoms with van der Waals surface area (Å²) in [5, 5.41) is 11.2. The number of ether oxygens (including phenoxy) is 1. The molecule has 3 heterocycles. The molecule has 148 valence electrons. The summed E-state index contributed by atoms with van der Waals surface area (Å²) in [4.78, 5) is 31.8. The number of hydrogen-bond acceptors (Lipinski definition) is 5. The number of H-pyrrole nitrogens is 1. The molecule has 6 nitrogen and oxygen atoms in total. The first-order valence-electron chi connectivity index (χ1n) is 9.59. The molecule has 0 saturated heterocycles. The summed E-state index contributed by atoms with van der Waals surface area (Å²) in [5.74, 6) is -1.07. The molecule has 3 aromatic rings. The molecule has 0 radical (unpaired) electrons. The van der Waals surface area contributed by atoms with Crippen molar-refractivity contribution >= 4 is 16.9 Å². The molecule has 1 atom stereocenters. The van der Waals surface area contributed by atoms with Gasteiger partial charge in [0.25, 0.3) is 5.56 Å². The maximum atomic E-state index is 14.5. The summed E-state index contributed by atoms with van der Waals surface area (Å²) in [6, 6.07) is 3.01. The van der Waals surface area contributed by atoms with Crippen LogP contribution < -0.4 is 5.56 Å². The Hall–Kier alpha value is -3.06. The summed E-state index contributed by atoms with van der Waals surface area (Å²) in [6.07, 6.45) is 1.07. The van der Waals surface area contributed by atoms with E-state index in [1.54, 1.807) is 13.0 Å². The van der Waals surface area contributed by atoms with E-state index in [4.69, 9.17) is 4.74 Å². The number of carbonyl (C=O) groups excluding carboxylic acids is 1. The average molecular weight is 394 g/mol. The van der Waals surface area contributed by atoms with Crippen molar-refractivity contribution in [3.05, 3.63) is 61.7 Å². The number of esters is 1. The number of nitrogens with zero attached hydrogens (tertiary/aromatic N) is 1. The van der Waals surface area contributed by atoms with E-state index < -0.39 is 17.6 Å². The third kappa shape index (κ3) is 2.54. The number of aryl methyl sites for hydroxylation is 2. The second-order valence-electron chi connectivity index (χ2n) is 7.73. The maximum absolute atomic E-state index is 14.5. The van der Waals surface area contributed by atoms with Crippen molar-refractivity contribution in [2.45, 2.75) is 45.8 Å². The second kappa shape index (κ2) is 6.22. The Bertz CT molecular complexity index is 1280. The lowest BCUT2D eigenvalue weighted by atomic mass is 9.84. The fraction of sp³-hybridized carbons (Fsp3) is 0.318. The predicted molar refractivity (Wildman–Crippen MR) is 104 cm³/mol. The molecule has 1 aromatic carbocycles. The number of rotatable bonds is 1. The summed E-state index contributed by atoms with van der Waals surface area (Å²) in [6.45, 7) is 3.56. The number of halogens is 1. The molecule has 29 heavy (non-hydrogen) atoms. The Labute approximate surface area is 165 Å². The van der Waals surface area contributed by atoms with Gasteiger partial charge in [-0.2, -0.15) is 0 Å². The van der Waals surface area contributed by atoms with Crippen LogP contribution in [0.1, 0.15) is 45.9 Å². The number of cyclic esters (lactones) is 1. The van der Waals surface area contributed by atoms with Crippen LogP contribution in [0.5, 0.6) is 0 Å². The fourth-order valence-electron chi connectivity index (χ4n) is 4.55. The predicted octanol–water partition coefficient (Wildman–Crippen LogP) is 2.92. The number of aromatic amines is 1. The average Bonchev–Trinajstić information content (AvgIpc) is 2.71. The van der Waals surface area contributed by atoms with E-state index in [9.17, 15) is 19.1 Å². The molecule has 0 fully saturated rings. The highest BCUT2D eigenvalue weighted by Crippen LogP contribution is 2.38. The highest BCUT2D eigenvalue weighted by atomic mass is 19.1. The van der Waals surface area contributed by atoms with Gasteiger partial charge in [-0.1, -0.05) is 0 Å². The standard InChI is InChI=1S/C22H19FN2O4/c1-9-11-4-3-5-12-10(2)19(24-16(18(11)12)7-15(9)23)17-6-13-14(21(27)25-17)8-29-22(28)20(13)26/h6-7,20,26H,3-5,8H2,1-2H3,(H,25,27). The molecule has 2 N–H and O–H groups in total. The number of aliphatic hydroxyl groups is 1. The molecule has 1 aliphatic heterocycles. The van der Waals surface area contributed by atoms with Gasteiger partial charge in [-0.3, -0.25) is 4.79 Å². The van der Waals surface area contributed by atoms with E-state index in [2.05, 4.69) is 9.97 Å². The Kier molecular flexibility index (Phi) is 3.86. The smallest absolute Gasteiger partial charge is 0.340 e. The van der Waals surface area contributed by atoms with Crippen LogP contribution in [0.25, 0.3) is 22.3 Å². The number of carbonyl (C=O) groups is 1. The van der Waals surface area contributed by atoms with E-state index in [-0.39, 0.29) is 23.6 Å². The van der Waals surface area contributed by atoms with Gasteiger partial charge in [0.1, 0.15) is 12.4 Å². The normalized spacial score (nSPS) is 17.9. The molecule has 0 saturated carbocycles. The van der Waals surface area contributed by atoms with Crippen LogP contribution in [0.3, 0.4) is 0 Å². The molecule has 0 amide bonds. The van der Waals surface area contributed by atoms with E-state index in [1.807, 2.05) is 6.92 Å². The van der Waals surface area contributed by atoms with E-state index in [0.717, 1.165) is 41.3 Å². The number of fused-ring (bicyclic) bond motifs is 1. The van der Waals surface area contributed by atoms with Crippen LogP contribution in [-0.4, -0.2) is 21.0 Å². The Morgan fingerprint density at radius 2 is 1.86 bits per heavy atom.